The predicted octanol–water partition coefficient (Wildman–Crippen LogP) is 3.42. The summed E-state index contributed by atoms with van der Waals surface area (Å²) in [5.74, 6) is -0.189. The monoisotopic (exact) mass is 448 g/mol. The number of imidazole rings is 1. The van der Waals surface area contributed by atoms with Crippen molar-refractivity contribution in [2.45, 2.75) is 38.8 Å². The molecule has 0 saturated heterocycles. The zero-order valence-corrected chi connectivity index (χ0v) is 17.8. The standard InChI is InChI=1S/C20H25BrN4O3/c1-12(2)10-16(19(26)28-3)24-20(27)25-9-8-15-17(23-11-22-15)18(25)13-4-6-14(21)7-5-13/h4-7,11-12,16,18H,8-10H2,1-3H3,(H,22,23)(H,24,27)/t16-,18+/m0/s1. The van der Waals surface area contributed by atoms with Crippen molar-refractivity contribution in [1.29, 1.82) is 0 Å². The van der Waals surface area contributed by atoms with E-state index in [0.717, 1.165) is 21.4 Å². The van der Waals surface area contributed by atoms with E-state index in [4.69, 9.17) is 4.74 Å². The second-order valence-electron chi connectivity index (χ2n) is 7.32. The summed E-state index contributed by atoms with van der Waals surface area (Å²) < 4.78 is 5.84. The third-order valence-corrected chi connectivity index (χ3v) is 5.39. The molecular formula is C20H25BrN4O3. The molecule has 3 rings (SSSR count). The second kappa shape index (κ2) is 8.77. The van der Waals surface area contributed by atoms with Gasteiger partial charge in [0.05, 0.1) is 19.1 Å². The van der Waals surface area contributed by atoms with Gasteiger partial charge in [0.2, 0.25) is 0 Å². The first-order valence-corrected chi connectivity index (χ1v) is 10.1. The molecule has 1 aliphatic heterocycles. The molecule has 2 N–H and O–H groups in total. The Labute approximate surface area is 173 Å². The number of ether oxygens (including phenoxy) is 1. The van der Waals surface area contributed by atoms with Crippen molar-refractivity contribution in [3.63, 3.8) is 0 Å². The number of nitrogens with zero attached hydrogens (tertiary/aromatic N) is 2. The first-order chi connectivity index (χ1) is 13.4. The van der Waals surface area contributed by atoms with Crippen LogP contribution in [-0.4, -0.2) is 46.6 Å². The van der Waals surface area contributed by atoms with Crippen LogP contribution >= 0.6 is 15.9 Å². The topological polar surface area (TPSA) is 87.3 Å². The highest BCUT2D eigenvalue weighted by atomic mass is 79.9. The van der Waals surface area contributed by atoms with Crippen LogP contribution in [0.15, 0.2) is 35.1 Å². The summed E-state index contributed by atoms with van der Waals surface area (Å²) >= 11 is 3.45. The minimum Gasteiger partial charge on any atom is -0.467 e. The van der Waals surface area contributed by atoms with Crippen molar-refractivity contribution in [3.05, 3.63) is 52.0 Å². The van der Waals surface area contributed by atoms with E-state index in [2.05, 4.69) is 31.2 Å². The van der Waals surface area contributed by atoms with Crippen molar-refractivity contribution < 1.29 is 14.3 Å². The van der Waals surface area contributed by atoms with Crippen LogP contribution in [0.4, 0.5) is 4.79 Å². The van der Waals surface area contributed by atoms with Crippen molar-refractivity contribution in [2.24, 2.45) is 5.92 Å². The van der Waals surface area contributed by atoms with Crippen LogP contribution in [0, 0.1) is 5.92 Å². The normalized spacial score (nSPS) is 17.2. The number of hydrogen-bond donors (Lipinski definition) is 2. The van der Waals surface area contributed by atoms with Gasteiger partial charge < -0.3 is 19.9 Å². The molecule has 0 aliphatic carbocycles. The van der Waals surface area contributed by atoms with Crippen LogP contribution in [0.3, 0.4) is 0 Å². The van der Waals surface area contributed by atoms with Gasteiger partial charge in [0.25, 0.3) is 0 Å². The van der Waals surface area contributed by atoms with Crippen LogP contribution in [0.5, 0.6) is 0 Å². The summed E-state index contributed by atoms with van der Waals surface area (Å²) in [6, 6.07) is 6.56. The largest absolute Gasteiger partial charge is 0.467 e. The molecule has 1 aromatic heterocycles. The molecule has 0 radical (unpaired) electrons. The maximum atomic E-state index is 13.2. The number of aromatic amines is 1. The highest BCUT2D eigenvalue weighted by Crippen LogP contribution is 2.34. The van der Waals surface area contributed by atoms with E-state index < -0.39 is 12.0 Å². The van der Waals surface area contributed by atoms with Crippen LogP contribution in [0.25, 0.3) is 0 Å². The van der Waals surface area contributed by atoms with Gasteiger partial charge in [0.1, 0.15) is 12.1 Å². The van der Waals surface area contributed by atoms with E-state index in [1.165, 1.54) is 7.11 Å². The second-order valence-corrected chi connectivity index (χ2v) is 8.23. The lowest BCUT2D eigenvalue weighted by atomic mass is 9.96. The van der Waals surface area contributed by atoms with E-state index in [1.54, 1.807) is 11.2 Å². The summed E-state index contributed by atoms with van der Waals surface area (Å²) in [5.41, 5.74) is 2.83. The number of nitrogens with one attached hydrogen (secondary N) is 2. The van der Waals surface area contributed by atoms with Gasteiger partial charge in [-0.2, -0.15) is 0 Å². The lowest BCUT2D eigenvalue weighted by Gasteiger charge is -2.36. The molecule has 0 fully saturated rings. The van der Waals surface area contributed by atoms with Crippen LogP contribution in [0.2, 0.25) is 0 Å². The Bertz CT molecular complexity index is 834. The van der Waals surface area contributed by atoms with Gasteiger partial charge in [-0.1, -0.05) is 41.9 Å². The van der Waals surface area contributed by atoms with Crippen molar-refractivity contribution in [3.8, 4) is 0 Å². The summed E-state index contributed by atoms with van der Waals surface area (Å²) in [6.07, 6.45) is 2.86. The summed E-state index contributed by atoms with van der Waals surface area (Å²) in [7, 11) is 1.34. The third-order valence-electron chi connectivity index (χ3n) is 4.86. The molecule has 2 aromatic rings. The van der Waals surface area contributed by atoms with Gasteiger partial charge in [0.15, 0.2) is 0 Å². The average Bonchev–Trinajstić information content (AvgIpc) is 3.15. The van der Waals surface area contributed by atoms with E-state index >= 15 is 0 Å². The fourth-order valence-electron chi connectivity index (χ4n) is 3.54. The molecule has 28 heavy (non-hydrogen) atoms. The molecule has 1 aliphatic rings. The number of methoxy groups -OCH3 is 1. The average molecular weight is 449 g/mol. The molecular weight excluding hydrogens is 424 g/mol. The van der Waals surface area contributed by atoms with Crippen LogP contribution in [-0.2, 0) is 16.0 Å². The maximum Gasteiger partial charge on any atom is 0.328 e. The smallest absolute Gasteiger partial charge is 0.328 e. The first kappa shape index (κ1) is 20.4. The van der Waals surface area contributed by atoms with E-state index in [1.807, 2.05) is 38.1 Å². The number of urea groups is 1. The van der Waals surface area contributed by atoms with Crippen LogP contribution < -0.4 is 5.32 Å². The number of carbonyl (C=O) groups excluding carboxylic acids is 2. The lowest BCUT2D eigenvalue weighted by molar-refractivity contribution is -0.143. The Morgan fingerprint density at radius 2 is 2.07 bits per heavy atom. The Balaban J connectivity index is 1.89. The molecule has 0 bridgehead atoms. The molecule has 2 heterocycles. The number of H-pyrrole nitrogens is 1. The molecule has 7 nitrogen and oxygen atoms in total. The first-order valence-electron chi connectivity index (χ1n) is 9.33. The molecule has 150 valence electrons. The SMILES string of the molecule is COC(=O)[C@H](CC(C)C)NC(=O)N1CCc2[nH]cnc2[C@H]1c1ccc(Br)cc1. The Morgan fingerprint density at radius 3 is 2.71 bits per heavy atom. The van der Waals surface area contributed by atoms with E-state index in [0.29, 0.717) is 19.4 Å². The number of esters is 1. The van der Waals surface area contributed by atoms with E-state index in [-0.39, 0.29) is 18.0 Å². The Morgan fingerprint density at radius 1 is 1.36 bits per heavy atom. The lowest BCUT2D eigenvalue weighted by Crippen LogP contribution is -2.51. The molecule has 2 atom stereocenters. The van der Waals surface area contributed by atoms with Gasteiger partial charge in [0, 0.05) is 23.1 Å². The number of hydrogen-bond acceptors (Lipinski definition) is 4. The molecule has 8 heteroatoms. The van der Waals surface area contributed by atoms with E-state index in [9.17, 15) is 9.59 Å². The number of amides is 2. The third kappa shape index (κ3) is 4.38. The number of rotatable bonds is 5. The molecule has 0 spiro atoms. The molecule has 0 saturated carbocycles. The van der Waals surface area contributed by atoms with Gasteiger partial charge in [-0.15, -0.1) is 0 Å². The maximum absolute atomic E-state index is 13.2. The molecule has 0 unspecified atom stereocenters. The minimum absolute atomic E-state index is 0.242. The van der Waals surface area contributed by atoms with Crippen molar-refractivity contribution in [1.82, 2.24) is 20.2 Å². The Kier molecular flexibility index (Phi) is 6.39. The predicted molar refractivity (Wildman–Crippen MR) is 109 cm³/mol. The highest BCUT2D eigenvalue weighted by molar-refractivity contribution is 9.10. The van der Waals surface area contributed by atoms with Gasteiger partial charge in [-0.3, -0.25) is 0 Å². The fourth-order valence-corrected chi connectivity index (χ4v) is 3.80. The number of aromatic nitrogens is 2. The summed E-state index contributed by atoms with van der Waals surface area (Å²) in [6.45, 7) is 4.53. The molecule has 2 amide bonds. The highest BCUT2D eigenvalue weighted by Gasteiger charge is 2.35. The number of fused-ring (bicyclic) bond motifs is 1. The zero-order chi connectivity index (χ0) is 20.3. The minimum atomic E-state index is -0.677. The number of halogens is 1. The van der Waals surface area contributed by atoms with Crippen molar-refractivity contribution >= 4 is 27.9 Å². The molecule has 1 aromatic carbocycles. The zero-order valence-electron chi connectivity index (χ0n) is 16.2. The Hall–Kier alpha value is -2.35. The van der Waals surface area contributed by atoms with Gasteiger partial charge in [-0.25, -0.2) is 14.6 Å². The van der Waals surface area contributed by atoms with Gasteiger partial charge in [-0.05, 0) is 30.0 Å². The summed E-state index contributed by atoms with van der Waals surface area (Å²) in [4.78, 5) is 34.7. The fraction of sp³-hybridized carbons (Fsp3) is 0.450. The number of carbonyl (C=O) groups is 2. The van der Waals surface area contributed by atoms with Gasteiger partial charge >= 0.3 is 12.0 Å². The van der Waals surface area contributed by atoms with Crippen LogP contribution in [0.1, 0.15) is 43.3 Å². The number of benzene rings is 1. The van der Waals surface area contributed by atoms with Crippen molar-refractivity contribution in [2.75, 3.05) is 13.7 Å². The quantitative estimate of drug-likeness (QED) is 0.685. The summed E-state index contributed by atoms with van der Waals surface area (Å²) in [5, 5.41) is 2.87.